The minimum atomic E-state index is -0.358. The molecule has 0 bridgehead atoms. The molecule has 1 atom stereocenters. The van der Waals surface area contributed by atoms with Gasteiger partial charge in [0.25, 0.3) is 0 Å². The van der Waals surface area contributed by atoms with Crippen molar-refractivity contribution in [3.05, 3.63) is 52.7 Å². The highest BCUT2D eigenvalue weighted by Gasteiger charge is 2.23. The van der Waals surface area contributed by atoms with Gasteiger partial charge in [-0.05, 0) is 42.7 Å². The van der Waals surface area contributed by atoms with Gasteiger partial charge < -0.3 is 9.73 Å². The van der Waals surface area contributed by atoms with Crippen LogP contribution in [0.1, 0.15) is 33.7 Å². The van der Waals surface area contributed by atoms with Crippen molar-refractivity contribution >= 4 is 27.5 Å². The molecule has 1 aromatic heterocycles. The Morgan fingerprint density at radius 2 is 2.20 bits per heavy atom. The Balaban J connectivity index is 2.02. The third-order valence-corrected chi connectivity index (χ3v) is 4.43. The Bertz CT molecular complexity index is 681. The fourth-order valence-electron chi connectivity index (χ4n) is 2.40. The van der Waals surface area contributed by atoms with Crippen molar-refractivity contribution in [2.45, 2.75) is 24.6 Å². The van der Waals surface area contributed by atoms with E-state index in [1.165, 1.54) is 6.07 Å². The van der Waals surface area contributed by atoms with Gasteiger partial charge in [0, 0.05) is 17.7 Å². The third-order valence-electron chi connectivity index (χ3n) is 3.52. The molecule has 0 saturated heterocycles. The highest BCUT2D eigenvalue weighted by Crippen LogP contribution is 2.37. The second kappa shape index (κ2) is 5.05. The van der Waals surface area contributed by atoms with Crippen LogP contribution in [0.5, 0.6) is 0 Å². The van der Waals surface area contributed by atoms with Crippen LogP contribution in [0, 0.1) is 12.7 Å². The predicted molar refractivity (Wildman–Crippen MR) is 77.6 cm³/mol. The standard InChI is InChI=1S/C15H13BrFNO2/c1-8-4-5-20-15(8)14(16)10-6-9-2-3-13(19)18-12(9)7-11(10)17/h4-7,14H,2-3H2,1H3,(H,18,19). The molecule has 3 rings (SSSR count). The summed E-state index contributed by atoms with van der Waals surface area (Å²) in [6.07, 6.45) is 2.66. The van der Waals surface area contributed by atoms with E-state index in [9.17, 15) is 9.18 Å². The third kappa shape index (κ3) is 2.26. The van der Waals surface area contributed by atoms with E-state index >= 15 is 0 Å². The maximum absolute atomic E-state index is 14.3. The van der Waals surface area contributed by atoms with Crippen LogP contribution in [0.4, 0.5) is 10.1 Å². The summed E-state index contributed by atoms with van der Waals surface area (Å²) in [6, 6.07) is 5.03. The summed E-state index contributed by atoms with van der Waals surface area (Å²) in [7, 11) is 0. The number of carbonyl (C=O) groups is 1. The van der Waals surface area contributed by atoms with Gasteiger partial charge in [0.15, 0.2) is 0 Å². The van der Waals surface area contributed by atoms with Crippen molar-refractivity contribution in [1.29, 1.82) is 0 Å². The molecule has 1 aromatic carbocycles. The van der Waals surface area contributed by atoms with Gasteiger partial charge in [0.1, 0.15) is 16.4 Å². The van der Waals surface area contributed by atoms with E-state index in [-0.39, 0.29) is 16.6 Å². The number of fused-ring (bicyclic) bond motifs is 1. The first-order valence-electron chi connectivity index (χ1n) is 6.36. The molecule has 0 spiro atoms. The van der Waals surface area contributed by atoms with E-state index in [2.05, 4.69) is 21.2 Å². The second-order valence-electron chi connectivity index (χ2n) is 4.91. The van der Waals surface area contributed by atoms with Crippen molar-refractivity contribution in [2.24, 2.45) is 0 Å². The molecule has 1 N–H and O–H groups in total. The number of rotatable bonds is 2. The second-order valence-corrected chi connectivity index (χ2v) is 5.83. The van der Waals surface area contributed by atoms with Crippen LogP contribution < -0.4 is 5.32 Å². The van der Waals surface area contributed by atoms with E-state index in [1.807, 2.05) is 13.0 Å². The summed E-state index contributed by atoms with van der Waals surface area (Å²) in [5.41, 5.74) is 3.02. The van der Waals surface area contributed by atoms with E-state index < -0.39 is 0 Å². The Morgan fingerprint density at radius 1 is 1.40 bits per heavy atom. The average molecular weight is 338 g/mol. The van der Waals surface area contributed by atoms with E-state index in [0.29, 0.717) is 29.9 Å². The molecule has 2 aromatic rings. The van der Waals surface area contributed by atoms with E-state index in [1.54, 1.807) is 12.3 Å². The molecule has 0 saturated carbocycles. The quantitative estimate of drug-likeness (QED) is 0.838. The molecule has 1 unspecified atom stereocenters. The maximum atomic E-state index is 14.3. The van der Waals surface area contributed by atoms with Gasteiger partial charge in [-0.3, -0.25) is 4.79 Å². The van der Waals surface area contributed by atoms with Crippen LogP contribution in [0.25, 0.3) is 0 Å². The Kier molecular flexibility index (Phi) is 3.38. The largest absolute Gasteiger partial charge is 0.468 e. The highest BCUT2D eigenvalue weighted by molar-refractivity contribution is 9.09. The van der Waals surface area contributed by atoms with Crippen molar-refractivity contribution in [3.8, 4) is 0 Å². The number of carbonyl (C=O) groups excluding carboxylic acids is 1. The zero-order valence-electron chi connectivity index (χ0n) is 10.9. The molecule has 0 fully saturated rings. The first-order valence-corrected chi connectivity index (χ1v) is 7.28. The van der Waals surface area contributed by atoms with Gasteiger partial charge in [0.2, 0.25) is 5.91 Å². The average Bonchev–Trinajstić information content (AvgIpc) is 2.83. The summed E-state index contributed by atoms with van der Waals surface area (Å²) in [5, 5.41) is 2.70. The first-order chi connectivity index (χ1) is 9.56. The summed E-state index contributed by atoms with van der Waals surface area (Å²) in [5.74, 6) is 0.272. The molecule has 1 aliphatic rings. The number of anilines is 1. The summed E-state index contributed by atoms with van der Waals surface area (Å²) < 4.78 is 19.7. The summed E-state index contributed by atoms with van der Waals surface area (Å²) >= 11 is 3.49. The minimum absolute atomic E-state index is 0.0677. The number of nitrogens with one attached hydrogen (secondary N) is 1. The molecule has 1 amide bonds. The number of aryl methyl sites for hydroxylation is 2. The van der Waals surface area contributed by atoms with Gasteiger partial charge in [-0.2, -0.15) is 0 Å². The molecule has 3 nitrogen and oxygen atoms in total. The lowest BCUT2D eigenvalue weighted by atomic mass is 9.97. The SMILES string of the molecule is Cc1ccoc1C(Br)c1cc2c(cc1F)NC(=O)CC2. The number of amides is 1. The van der Waals surface area contributed by atoms with Crippen molar-refractivity contribution in [1.82, 2.24) is 0 Å². The molecule has 1 aliphatic heterocycles. The number of alkyl halides is 1. The monoisotopic (exact) mass is 337 g/mol. The van der Waals surface area contributed by atoms with Crippen molar-refractivity contribution in [3.63, 3.8) is 0 Å². The molecule has 20 heavy (non-hydrogen) atoms. The van der Waals surface area contributed by atoms with Gasteiger partial charge in [0.05, 0.1) is 6.26 Å². The van der Waals surface area contributed by atoms with Gasteiger partial charge in [-0.1, -0.05) is 15.9 Å². The maximum Gasteiger partial charge on any atom is 0.224 e. The summed E-state index contributed by atoms with van der Waals surface area (Å²) in [6.45, 7) is 1.92. The van der Waals surface area contributed by atoms with Gasteiger partial charge >= 0.3 is 0 Å². The number of hydrogen-bond donors (Lipinski definition) is 1. The number of hydrogen-bond acceptors (Lipinski definition) is 2. The fraction of sp³-hybridized carbons (Fsp3) is 0.267. The van der Waals surface area contributed by atoms with Crippen LogP contribution in [-0.2, 0) is 11.2 Å². The Labute approximate surface area is 124 Å². The van der Waals surface area contributed by atoms with Crippen LogP contribution in [0.3, 0.4) is 0 Å². The lowest BCUT2D eigenvalue weighted by molar-refractivity contribution is -0.116. The molecule has 2 heterocycles. The number of benzene rings is 1. The molecule has 0 radical (unpaired) electrons. The van der Waals surface area contributed by atoms with Crippen molar-refractivity contribution < 1.29 is 13.6 Å². The predicted octanol–water partition coefficient (Wildman–Crippen LogP) is 4.10. The lowest BCUT2D eigenvalue weighted by Gasteiger charge is -2.19. The van der Waals surface area contributed by atoms with Crippen LogP contribution in [0.15, 0.2) is 28.9 Å². The molecule has 0 aliphatic carbocycles. The Morgan fingerprint density at radius 3 is 2.90 bits per heavy atom. The number of furan rings is 1. The first kappa shape index (κ1) is 13.4. The highest BCUT2D eigenvalue weighted by atomic mass is 79.9. The fourth-order valence-corrected chi connectivity index (χ4v) is 3.22. The molecule has 5 heteroatoms. The summed E-state index contributed by atoms with van der Waals surface area (Å²) in [4.78, 5) is 11.0. The molecular weight excluding hydrogens is 325 g/mol. The topological polar surface area (TPSA) is 42.2 Å². The molecule has 104 valence electrons. The van der Waals surface area contributed by atoms with Crippen LogP contribution in [-0.4, -0.2) is 5.91 Å². The van der Waals surface area contributed by atoms with E-state index in [4.69, 9.17) is 4.42 Å². The zero-order chi connectivity index (χ0) is 14.3. The van der Waals surface area contributed by atoms with Crippen LogP contribution in [0.2, 0.25) is 0 Å². The van der Waals surface area contributed by atoms with Gasteiger partial charge in [-0.15, -0.1) is 0 Å². The molecular formula is C15H13BrFNO2. The lowest BCUT2D eigenvalue weighted by Crippen LogP contribution is -2.19. The Hall–Kier alpha value is -1.62. The van der Waals surface area contributed by atoms with E-state index in [0.717, 1.165) is 11.1 Å². The number of halogens is 2. The van der Waals surface area contributed by atoms with Crippen molar-refractivity contribution in [2.75, 3.05) is 5.32 Å². The smallest absolute Gasteiger partial charge is 0.224 e. The zero-order valence-corrected chi connectivity index (χ0v) is 12.5. The van der Waals surface area contributed by atoms with Gasteiger partial charge in [-0.25, -0.2) is 4.39 Å². The van der Waals surface area contributed by atoms with Crippen LogP contribution >= 0.6 is 15.9 Å². The normalized spacial score (nSPS) is 15.7. The minimum Gasteiger partial charge on any atom is -0.468 e.